The maximum atomic E-state index is 5.52. The molecule has 4 nitrogen and oxygen atoms in total. The van der Waals surface area contributed by atoms with Gasteiger partial charge in [-0.3, -0.25) is 9.88 Å². The van der Waals surface area contributed by atoms with Gasteiger partial charge in [-0.1, -0.05) is 13.0 Å². The zero-order valence-electron chi connectivity index (χ0n) is 12.9. The van der Waals surface area contributed by atoms with Crippen LogP contribution < -0.4 is 5.32 Å². The predicted octanol–water partition coefficient (Wildman–Crippen LogP) is 1.84. The molecule has 1 fully saturated rings. The molecule has 0 saturated carbocycles. The van der Waals surface area contributed by atoms with Crippen LogP contribution in [0.15, 0.2) is 18.2 Å². The monoisotopic (exact) mass is 277 g/mol. The zero-order valence-corrected chi connectivity index (χ0v) is 12.9. The molecule has 112 valence electrons. The number of nitrogens with zero attached hydrogens (tertiary/aromatic N) is 2. The predicted molar refractivity (Wildman–Crippen MR) is 81.7 cm³/mol. The summed E-state index contributed by atoms with van der Waals surface area (Å²) in [5.74, 6) is 0.638. The van der Waals surface area contributed by atoms with E-state index in [9.17, 15) is 0 Å². The number of likely N-dealkylation sites (N-methyl/N-ethyl adjacent to an activating group) is 2. The van der Waals surface area contributed by atoms with Gasteiger partial charge in [-0.2, -0.15) is 0 Å². The van der Waals surface area contributed by atoms with Gasteiger partial charge in [0.25, 0.3) is 0 Å². The quantitative estimate of drug-likeness (QED) is 0.825. The van der Waals surface area contributed by atoms with Gasteiger partial charge in [-0.05, 0) is 39.1 Å². The molecule has 0 aliphatic carbocycles. The van der Waals surface area contributed by atoms with Crippen LogP contribution >= 0.6 is 0 Å². The molecule has 1 aliphatic rings. The minimum atomic E-state index is 0.502. The number of ether oxygens (including phenoxy) is 1. The first-order chi connectivity index (χ1) is 9.72. The average Bonchev–Trinajstić information content (AvgIpc) is 2.97. The Morgan fingerprint density at radius 1 is 1.50 bits per heavy atom. The maximum Gasteiger partial charge on any atom is 0.0547 e. The van der Waals surface area contributed by atoms with Crippen molar-refractivity contribution in [3.63, 3.8) is 0 Å². The summed E-state index contributed by atoms with van der Waals surface area (Å²) in [7, 11) is 2.06. The van der Waals surface area contributed by atoms with Crippen molar-refractivity contribution in [2.75, 3.05) is 33.4 Å². The van der Waals surface area contributed by atoms with Crippen LogP contribution in [0.3, 0.4) is 0 Å². The fourth-order valence-corrected chi connectivity index (χ4v) is 2.85. The van der Waals surface area contributed by atoms with E-state index in [1.54, 1.807) is 0 Å². The first-order valence-corrected chi connectivity index (χ1v) is 7.62. The molecule has 2 rings (SSSR count). The van der Waals surface area contributed by atoms with E-state index >= 15 is 0 Å². The topological polar surface area (TPSA) is 37.4 Å². The molecule has 1 aliphatic heterocycles. The Morgan fingerprint density at radius 3 is 2.95 bits per heavy atom. The fraction of sp³-hybridized carbons (Fsp3) is 0.688. The van der Waals surface area contributed by atoms with Crippen molar-refractivity contribution in [3.8, 4) is 0 Å². The van der Waals surface area contributed by atoms with Crippen LogP contribution in [0.2, 0.25) is 0 Å². The lowest BCUT2D eigenvalue weighted by atomic mass is 9.98. The van der Waals surface area contributed by atoms with E-state index in [1.165, 1.54) is 6.42 Å². The van der Waals surface area contributed by atoms with E-state index in [0.29, 0.717) is 12.0 Å². The lowest BCUT2D eigenvalue weighted by Gasteiger charge is -2.29. The van der Waals surface area contributed by atoms with E-state index < -0.39 is 0 Å². The second kappa shape index (κ2) is 7.72. The Morgan fingerprint density at radius 2 is 2.35 bits per heavy atom. The highest BCUT2D eigenvalue weighted by Gasteiger charge is 2.26. The number of hydrogen-bond acceptors (Lipinski definition) is 4. The number of hydrogen-bond donors (Lipinski definition) is 1. The van der Waals surface area contributed by atoms with Crippen molar-refractivity contribution in [3.05, 3.63) is 29.6 Å². The Balaban J connectivity index is 1.93. The summed E-state index contributed by atoms with van der Waals surface area (Å²) < 4.78 is 5.52. The maximum absolute atomic E-state index is 5.52. The molecular formula is C16H27N3O. The van der Waals surface area contributed by atoms with Crippen molar-refractivity contribution in [1.82, 2.24) is 15.2 Å². The second-order valence-corrected chi connectivity index (χ2v) is 5.62. The Kier molecular flexibility index (Phi) is 5.95. The molecular weight excluding hydrogens is 250 g/mol. The Labute approximate surface area is 122 Å². The number of rotatable bonds is 7. The molecule has 0 bridgehead atoms. The third-order valence-corrected chi connectivity index (χ3v) is 4.14. The molecule has 4 heteroatoms. The van der Waals surface area contributed by atoms with E-state index in [2.05, 4.69) is 41.3 Å². The molecule has 0 radical (unpaired) electrons. The smallest absolute Gasteiger partial charge is 0.0547 e. The number of aromatic nitrogens is 1. The van der Waals surface area contributed by atoms with E-state index in [4.69, 9.17) is 4.74 Å². The normalized spacial score (nSPS) is 20.5. The average molecular weight is 277 g/mol. The van der Waals surface area contributed by atoms with Crippen molar-refractivity contribution < 1.29 is 4.74 Å². The highest BCUT2D eigenvalue weighted by Crippen LogP contribution is 2.18. The van der Waals surface area contributed by atoms with Crippen LogP contribution in [-0.4, -0.2) is 49.3 Å². The Hall–Kier alpha value is -0.970. The van der Waals surface area contributed by atoms with Gasteiger partial charge in [-0.15, -0.1) is 0 Å². The van der Waals surface area contributed by atoms with E-state index in [1.807, 2.05) is 13.0 Å². The lowest BCUT2D eigenvalue weighted by molar-refractivity contribution is 0.162. The highest BCUT2D eigenvalue weighted by molar-refractivity contribution is 5.09. The van der Waals surface area contributed by atoms with Crippen LogP contribution in [-0.2, 0) is 11.3 Å². The first kappa shape index (κ1) is 15.4. The number of nitrogens with one attached hydrogen (secondary N) is 1. The Bertz CT molecular complexity index is 404. The summed E-state index contributed by atoms with van der Waals surface area (Å²) in [6.45, 7) is 9.09. The molecule has 2 atom stereocenters. The third kappa shape index (κ3) is 4.27. The molecule has 1 aromatic heterocycles. The second-order valence-electron chi connectivity index (χ2n) is 5.62. The molecule has 2 unspecified atom stereocenters. The molecule has 0 spiro atoms. The lowest BCUT2D eigenvalue weighted by Crippen LogP contribution is -2.44. The molecule has 2 heterocycles. The van der Waals surface area contributed by atoms with Crippen LogP contribution in [0.4, 0.5) is 0 Å². The van der Waals surface area contributed by atoms with E-state index in [-0.39, 0.29) is 0 Å². The summed E-state index contributed by atoms with van der Waals surface area (Å²) in [5.41, 5.74) is 2.25. The van der Waals surface area contributed by atoms with E-state index in [0.717, 1.165) is 44.2 Å². The first-order valence-electron chi connectivity index (χ1n) is 7.62. The number of aryl methyl sites for hydroxylation is 1. The summed E-state index contributed by atoms with van der Waals surface area (Å²) in [5, 5.41) is 3.46. The van der Waals surface area contributed by atoms with Gasteiger partial charge in [0, 0.05) is 37.4 Å². The van der Waals surface area contributed by atoms with Crippen LogP contribution in [0.5, 0.6) is 0 Å². The summed E-state index contributed by atoms with van der Waals surface area (Å²) in [4.78, 5) is 7.06. The van der Waals surface area contributed by atoms with Crippen molar-refractivity contribution in [2.45, 2.75) is 32.9 Å². The molecule has 1 aromatic rings. The van der Waals surface area contributed by atoms with Gasteiger partial charge in [0.15, 0.2) is 0 Å². The van der Waals surface area contributed by atoms with Crippen molar-refractivity contribution >= 4 is 0 Å². The molecule has 0 amide bonds. The summed E-state index contributed by atoms with van der Waals surface area (Å²) in [6.07, 6.45) is 1.17. The van der Waals surface area contributed by atoms with Gasteiger partial charge in [-0.25, -0.2) is 0 Å². The standard InChI is InChI=1S/C16H27N3O/c1-4-19(10-15-7-5-6-13(2)18-15)11-16(17-3)14-8-9-20-12-14/h5-7,14,16-17H,4,8-12H2,1-3H3. The molecule has 0 aromatic carbocycles. The SMILES string of the molecule is CCN(Cc1cccc(C)n1)CC(NC)C1CCOC1. The van der Waals surface area contributed by atoms with Gasteiger partial charge >= 0.3 is 0 Å². The zero-order chi connectivity index (χ0) is 14.4. The van der Waals surface area contributed by atoms with Crippen LogP contribution in [0.25, 0.3) is 0 Å². The van der Waals surface area contributed by atoms with Crippen LogP contribution in [0.1, 0.15) is 24.7 Å². The number of pyridine rings is 1. The van der Waals surface area contributed by atoms with Gasteiger partial charge in [0.05, 0.1) is 12.3 Å². The largest absolute Gasteiger partial charge is 0.381 e. The van der Waals surface area contributed by atoms with Crippen molar-refractivity contribution in [1.29, 1.82) is 0 Å². The molecule has 1 N–H and O–H groups in total. The van der Waals surface area contributed by atoms with Crippen LogP contribution in [0, 0.1) is 12.8 Å². The summed E-state index contributed by atoms with van der Waals surface area (Å²) >= 11 is 0. The third-order valence-electron chi connectivity index (χ3n) is 4.14. The molecule has 1 saturated heterocycles. The van der Waals surface area contributed by atoms with Gasteiger partial charge in [0.1, 0.15) is 0 Å². The highest BCUT2D eigenvalue weighted by atomic mass is 16.5. The van der Waals surface area contributed by atoms with Gasteiger partial charge < -0.3 is 10.1 Å². The summed E-state index contributed by atoms with van der Waals surface area (Å²) in [6, 6.07) is 6.75. The molecule has 20 heavy (non-hydrogen) atoms. The minimum Gasteiger partial charge on any atom is -0.381 e. The minimum absolute atomic E-state index is 0.502. The van der Waals surface area contributed by atoms with Crippen molar-refractivity contribution in [2.24, 2.45) is 5.92 Å². The fourth-order valence-electron chi connectivity index (χ4n) is 2.85. The van der Waals surface area contributed by atoms with Gasteiger partial charge in [0.2, 0.25) is 0 Å².